The molecule has 0 aliphatic heterocycles. The second-order valence-electron chi connectivity index (χ2n) is 5.64. The van der Waals surface area contributed by atoms with Gasteiger partial charge in [0.25, 0.3) is 0 Å². The van der Waals surface area contributed by atoms with E-state index < -0.39 is 6.16 Å². The van der Waals surface area contributed by atoms with Gasteiger partial charge in [0, 0.05) is 12.3 Å². The largest absolute Gasteiger partial charge is 0.508 e. The molecule has 23 heavy (non-hydrogen) atoms. The second-order valence-corrected chi connectivity index (χ2v) is 5.64. The zero-order valence-corrected chi connectivity index (χ0v) is 13.6. The molecule has 0 saturated heterocycles. The highest BCUT2D eigenvalue weighted by Gasteiger charge is 2.22. The minimum atomic E-state index is -0.677. The van der Waals surface area contributed by atoms with Crippen molar-refractivity contribution in [2.75, 3.05) is 19.8 Å². The van der Waals surface area contributed by atoms with Gasteiger partial charge in [0.1, 0.15) is 24.7 Å². The highest BCUT2D eigenvalue weighted by atomic mass is 16.7. The Morgan fingerprint density at radius 2 is 1.91 bits per heavy atom. The Hall–Kier alpha value is -2.04. The average Bonchev–Trinajstić information content (AvgIpc) is 2.55. The van der Waals surface area contributed by atoms with Gasteiger partial charge in [-0.2, -0.15) is 0 Å². The van der Waals surface area contributed by atoms with E-state index in [1.54, 1.807) is 6.92 Å². The summed E-state index contributed by atoms with van der Waals surface area (Å²) in [5.41, 5.74) is 1.15. The Morgan fingerprint density at radius 3 is 2.61 bits per heavy atom. The summed E-state index contributed by atoms with van der Waals surface area (Å²) in [6.07, 6.45) is 4.05. The third-order valence-electron chi connectivity index (χ3n) is 3.92. The molecule has 1 atom stereocenters. The first kappa shape index (κ1) is 17.3. The number of benzene rings is 1. The lowest BCUT2D eigenvalue weighted by Gasteiger charge is -2.20. The van der Waals surface area contributed by atoms with Gasteiger partial charge in [0.05, 0.1) is 6.61 Å². The smallest absolute Gasteiger partial charge is 0.490 e. The number of ether oxygens (including phenoxy) is 3. The molecule has 1 aromatic carbocycles. The molecule has 1 aliphatic carbocycles. The highest BCUT2D eigenvalue weighted by Crippen LogP contribution is 2.25. The second kappa shape index (κ2) is 9.18. The van der Waals surface area contributed by atoms with E-state index in [2.05, 4.69) is 4.74 Å². The number of rotatable bonds is 7. The Morgan fingerprint density at radius 1 is 1.13 bits per heavy atom. The van der Waals surface area contributed by atoms with Crippen molar-refractivity contribution in [1.29, 1.82) is 0 Å². The summed E-state index contributed by atoms with van der Waals surface area (Å²) >= 11 is 0. The van der Waals surface area contributed by atoms with E-state index in [-0.39, 0.29) is 19.1 Å². The molecule has 1 saturated carbocycles. The van der Waals surface area contributed by atoms with Gasteiger partial charge in [0.2, 0.25) is 0 Å². The number of carbonyl (C=O) groups is 2. The molecule has 0 N–H and O–H groups in total. The SMILES string of the molecule is CCOC(=O)OCCOc1ccc(CC2CCCCC2=O)cc1. The molecule has 5 heteroatoms. The van der Waals surface area contributed by atoms with Crippen LogP contribution in [-0.4, -0.2) is 31.8 Å². The van der Waals surface area contributed by atoms with Crippen molar-refractivity contribution in [2.24, 2.45) is 5.92 Å². The van der Waals surface area contributed by atoms with Crippen molar-refractivity contribution in [2.45, 2.75) is 39.0 Å². The number of carbonyl (C=O) groups excluding carboxylic acids is 2. The standard InChI is InChI=1S/C18H24O5/c1-2-21-18(20)23-12-11-22-16-9-7-14(8-10-16)13-15-5-3-4-6-17(15)19/h7-10,15H,2-6,11-13H2,1H3. The van der Waals surface area contributed by atoms with Crippen LogP contribution in [0.5, 0.6) is 5.75 Å². The van der Waals surface area contributed by atoms with Gasteiger partial charge in [-0.3, -0.25) is 4.79 Å². The van der Waals surface area contributed by atoms with Gasteiger partial charge in [-0.1, -0.05) is 18.6 Å². The normalized spacial score (nSPS) is 17.6. The summed E-state index contributed by atoms with van der Waals surface area (Å²) in [7, 11) is 0. The first-order valence-corrected chi connectivity index (χ1v) is 8.23. The van der Waals surface area contributed by atoms with Gasteiger partial charge in [-0.05, 0) is 43.9 Å². The molecule has 2 rings (SSSR count). The summed E-state index contributed by atoms with van der Waals surface area (Å²) in [6, 6.07) is 7.74. The minimum Gasteiger partial charge on any atom is -0.490 e. The van der Waals surface area contributed by atoms with E-state index in [0.717, 1.165) is 43.4 Å². The van der Waals surface area contributed by atoms with E-state index in [0.29, 0.717) is 12.4 Å². The first-order valence-electron chi connectivity index (χ1n) is 8.23. The van der Waals surface area contributed by atoms with Crippen LogP contribution >= 0.6 is 0 Å². The van der Waals surface area contributed by atoms with Gasteiger partial charge < -0.3 is 14.2 Å². The Balaban J connectivity index is 1.71. The molecule has 126 valence electrons. The molecular formula is C18H24O5. The maximum atomic E-state index is 11.9. The van der Waals surface area contributed by atoms with Gasteiger partial charge in [0.15, 0.2) is 0 Å². The zero-order chi connectivity index (χ0) is 16.5. The van der Waals surface area contributed by atoms with E-state index >= 15 is 0 Å². The average molecular weight is 320 g/mol. The van der Waals surface area contributed by atoms with Crippen LogP contribution < -0.4 is 4.74 Å². The minimum absolute atomic E-state index is 0.150. The van der Waals surface area contributed by atoms with Crippen molar-refractivity contribution in [1.82, 2.24) is 0 Å². The van der Waals surface area contributed by atoms with Gasteiger partial charge in [-0.25, -0.2) is 4.79 Å². The maximum Gasteiger partial charge on any atom is 0.508 e. The Labute approximate surface area is 136 Å². The summed E-state index contributed by atoms with van der Waals surface area (Å²) < 4.78 is 15.0. The topological polar surface area (TPSA) is 61.8 Å². The van der Waals surface area contributed by atoms with Crippen molar-refractivity contribution in [3.63, 3.8) is 0 Å². The lowest BCUT2D eigenvalue weighted by atomic mass is 9.84. The lowest BCUT2D eigenvalue weighted by Crippen LogP contribution is -2.21. The Kier molecular flexibility index (Phi) is 6.91. The fourth-order valence-electron chi connectivity index (χ4n) is 2.72. The molecule has 0 radical (unpaired) electrons. The van der Waals surface area contributed by atoms with Crippen molar-refractivity contribution in [3.05, 3.63) is 29.8 Å². The number of ketones is 1. The third-order valence-corrected chi connectivity index (χ3v) is 3.92. The zero-order valence-electron chi connectivity index (χ0n) is 13.6. The maximum absolute atomic E-state index is 11.9. The van der Waals surface area contributed by atoms with Crippen LogP contribution in [0.4, 0.5) is 4.79 Å². The predicted octanol–water partition coefficient (Wildman–Crippen LogP) is 3.54. The molecule has 1 aromatic rings. The third kappa shape index (κ3) is 5.93. The van der Waals surface area contributed by atoms with Crippen LogP contribution in [0.1, 0.15) is 38.2 Å². The molecule has 0 aromatic heterocycles. The quantitative estimate of drug-likeness (QED) is 0.568. The lowest BCUT2D eigenvalue weighted by molar-refractivity contribution is -0.124. The van der Waals surface area contributed by atoms with E-state index in [4.69, 9.17) is 9.47 Å². The molecule has 0 bridgehead atoms. The molecule has 0 amide bonds. The van der Waals surface area contributed by atoms with Crippen molar-refractivity contribution < 1.29 is 23.8 Å². The summed E-state index contributed by atoms with van der Waals surface area (Å²) in [5.74, 6) is 1.29. The van der Waals surface area contributed by atoms with Crippen LogP contribution in [0.2, 0.25) is 0 Å². The van der Waals surface area contributed by atoms with Gasteiger partial charge in [-0.15, -0.1) is 0 Å². The fourth-order valence-corrected chi connectivity index (χ4v) is 2.72. The summed E-state index contributed by atoms with van der Waals surface area (Å²) in [6.45, 7) is 2.45. The highest BCUT2D eigenvalue weighted by molar-refractivity contribution is 5.81. The Bertz CT molecular complexity index is 509. The molecular weight excluding hydrogens is 296 g/mol. The molecule has 1 fully saturated rings. The molecule has 5 nitrogen and oxygen atoms in total. The van der Waals surface area contributed by atoms with Crippen LogP contribution in [0.15, 0.2) is 24.3 Å². The van der Waals surface area contributed by atoms with E-state index in [1.807, 2.05) is 24.3 Å². The van der Waals surface area contributed by atoms with Crippen LogP contribution in [0.3, 0.4) is 0 Å². The van der Waals surface area contributed by atoms with Crippen molar-refractivity contribution >= 4 is 11.9 Å². The molecule has 1 unspecified atom stereocenters. The fraction of sp³-hybridized carbons (Fsp3) is 0.556. The predicted molar refractivity (Wildman–Crippen MR) is 85.6 cm³/mol. The number of hydrogen-bond donors (Lipinski definition) is 0. The van der Waals surface area contributed by atoms with E-state index in [9.17, 15) is 9.59 Å². The molecule has 0 spiro atoms. The van der Waals surface area contributed by atoms with Gasteiger partial charge >= 0.3 is 6.16 Å². The number of hydrogen-bond acceptors (Lipinski definition) is 5. The summed E-state index contributed by atoms with van der Waals surface area (Å²) in [4.78, 5) is 22.9. The van der Waals surface area contributed by atoms with Crippen LogP contribution in [-0.2, 0) is 20.7 Å². The van der Waals surface area contributed by atoms with Crippen LogP contribution in [0, 0.1) is 5.92 Å². The number of Topliss-reactive ketones (excluding diaryl/α,β-unsaturated/α-hetero) is 1. The van der Waals surface area contributed by atoms with E-state index in [1.165, 1.54) is 0 Å². The van der Waals surface area contributed by atoms with Crippen molar-refractivity contribution in [3.8, 4) is 5.75 Å². The molecule has 1 aliphatic rings. The molecule has 0 heterocycles. The van der Waals surface area contributed by atoms with Crippen LogP contribution in [0.25, 0.3) is 0 Å². The monoisotopic (exact) mass is 320 g/mol. The first-order chi connectivity index (χ1) is 11.2. The summed E-state index contributed by atoms with van der Waals surface area (Å²) in [5, 5.41) is 0.